The van der Waals surface area contributed by atoms with E-state index in [0.29, 0.717) is 5.16 Å². The van der Waals surface area contributed by atoms with E-state index in [1.54, 1.807) is 18.4 Å². The number of benzene rings is 2. The molecule has 31 heavy (non-hydrogen) atoms. The van der Waals surface area contributed by atoms with E-state index in [1.807, 2.05) is 78.4 Å². The Morgan fingerprint density at radius 2 is 1.90 bits per heavy atom. The number of nitrogens with zero attached hydrogens (tertiary/aromatic N) is 3. The fraction of sp³-hybridized carbons (Fsp3) is 0.174. The molecule has 8 heteroatoms. The molecule has 0 saturated carbocycles. The quantitative estimate of drug-likeness (QED) is 0.384. The zero-order valence-electron chi connectivity index (χ0n) is 17.5. The third-order valence-corrected chi connectivity index (χ3v) is 6.62. The molecule has 0 atom stereocenters. The van der Waals surface area contributed by atoms with Gasteiger partial charge in [0.2, 0.25) is 5.91 Å². The predicted molar refractivity (Wildman–Crippen MR) is 126 cm³/mol. The van der Waals surface area contributed by atoms with Gasteiger partial charge in [0.05, 0.1) is 23.4 Å². The number of rotatable bonds is 7. The molecule has 6 nitrogen and oxygen atoms in total. The first-order valence-corrected chi connectivity index (χ1v) is 11.6. The average Bonchev–Trinajstić information content (AvgIpc) is 3.44. The van der Waals surface area contributed by atoms with Crippen molar-refractivity contribution in [3.05, 3.63) is 71.1 Å². The third-order valence-electron chi connectivity index (χ3n) is 4.83. The maximum atomic E-state index is 12.5. The molecule has 0 radical (unpaired) electrons. The Balaban J connectivity index is 1.56. The molecule has 158 valence electrons. The highest BCUT2D eigenvalue weighted by Gasteiger charge is 2.18. The van der Waals surface area contributed by atoms with E-state index in [1.165, 1.54) is 17.3 Å². The van der Waals surface area contributed by atoms with Gasteiger partial charge in [0, 0.05) is 5.69 Å². The smallest absolute Gasteiger partial charge is 0.234 e. The largest absolute Gasteiger partial charge is 0.497 e. The minimum Gasteiger partial charge on any atom is -0.497 e. The van der Waals surface area contributed by atoms with Gasteiger partial charge in [0.1, 0.15) is 5.75 Å². The lowest BCUT2D eigenvalue weighted by atomic mass is 10.1. The molecule has 0 aliphatic carbocycles. The fourth-order valence-corrected chi connectivity index (χ4v) is 4.49. The molecule has 1 amide bonds. The van der Waals surface area contributed by atoms with Crippen molar-refractivity contribution in [3.8, 4) is 22.1 Å². The van der Waals surface area contributed by atoms with E-state index in [0.717, 1.165) is 33.4 Å². The van der Waals surface area contributed by atoms with Crippen molar-refractivity contribution >= 4 is 34.7 Å². The van der Waals surface area contributed by atoms with Crippen molar-refractivity contribution in [2.45, 2.75) is 19.0 Å². The Morgan fingerprint density at radius 3 is 2.58 bits per heavy atom. The molecule has 0 aliphatic heterocycles. The Bertz CT molecular complexity index is 1190. The predicted octanol–water partition coefficient (Wildman–Crippen LogP) is 5.35. The van der Waals surface area contributed by atoms with Crippen LogP contribution in [0.1, 0.15) is 11.1 Å². The maximum absolute atomic E-state index is 12.5. The van der Waals surface area contributed by atoms with Gasteiger partial charge in [-0.05, 0) is 72.8 Å². The number of ether oxygens (including phenoxy) is 1. The molecule has 1 N–H and O–H groups in total. The molecule has 0 fully saturated rings. The van der Waals surface area contributed by atoms with Crippen LogP contribution < -0.4 is 10.1 Å². The lowest BCUT2D eigenvalue weighted by molar-refractivity contribution is -0.113. The molecule has 0 saturated heterocycles. The summed E-state index contributed by atoms with van der Waals surface area (Å²) in [7, 11) is 1.64. The van der Waals surface area contributed by atoms with E-state index in [2.05, 4.69) is 15.5 Å². The zero-order chi connectivity index (χ0) is 21.8. The summed E-state index contributed by atoms with van der Waals surface area (Å²) in [5.74, 6) is 1.66. The number of hydrogen-bond donors (Lipinski definition) is 1. The Morgan fingerprint density at radius 1 is 1.10 bits per heavy atom. The Hall–Kier alpha value is -3.10. The van der Waals surface area contributed by atoms with E-state index < -0.39 is 0 Å². The fourth-order valence-electron chi connectivity index (χ4n) is 3.04. The number of methoxy groups -OCH3 is 1. The minimum absolute atomic E-state index is 0.0878. The van der Waals surface area contributed by atoms with E-state index in [9.17, 15) is 4.79 Å². The number of aromatic nitrogens is 3. The van der Waals surface area contributed by atoms with Crippen LogP contribution in [0.25, 0.3) is 16.4 Å². The molecule has 0 unspecified atom stereocenters. The molecule has 2 aromatic carbocycles. The van der Waals surface area contributed by atoms with Gasteiger partial charge in [-0.3, -0.25) is 9.36 Å². The van der Waals surface area contributed by atoms with Gasteiger partial charge in [-0.2, -0.15) is 0 Å². The molecular formula is C23H22N4O2S2. The molecule has 0 aliphatic rings. The first-order chi connectivity index (χ1) is 15.0. The summed E-state index contributed by atoms with van der Waals surface area (Å²) in [5, 5.41) is 14.4. The molecule has 0 spiro atoms. The summed E-state index contributed by atoms with van der Waals surface area (Å²) in [5.41, 5.74) is 4.04. The molecule has 2 heterocycles. The summed E-state index contributed by atoms with van der Waals surface area (Å²) < 4.78 is 7.25. The van der Waals surface area contributed by atoms with Crippen molar-refractivity contribution in [2.24, 2.45) is 0 Å². The highest BCUT2D eigenvalue weighted by atomic mass is 32.2. The van der Waals surface area contributed by atoms with Gasteiger partial charge in [0.15, 0.2) is 11.0 Å². The summed E-state index contributed by atoms with van der Waals surface area (Å²) >= 11 is 2.95. The highest BCUT2D eigenvalue weighted by Crippen LogP contribution is 2.31. The number of carbonyl (C=O) groups is 1. The van der Waals surface area contributed by atoms with Gasteiger partial charge in [-0.15, -0.1) is 21.5 Å². The lowest BCUT2D eigenvalue weighted by Gasteiger charge is -2.11. The number of hydrogen-bond acceptors (Lipinski definition) is 6. The Kier molecular flexibility index (Phi) is 6.39. The van der Waals surface area contributed by atoms with E-state index in [4.69, 9.17) is 4.74 Å². The van der Waals surface area contributed by atoms with Gasteiger partial charge < -0.3 is 10.1 Å². The summed E-state index contributed by atoms with van der Waals surface area (Å²) in [6, 6.07) is 17.6. The van der Waals surface area contributed by atoms with Crippen molar-refractivity contribution in [1.82, 2.24) is 14.8 Å². The van der Waals surface area contributed by atoms with Crippen molar-refractivity contribution in [3.63, 3.8) is 0 Å². The third kappa shape index (κ3) is 4.81. The Labute approximate surface area is 189 Å². The zero-order valence-corrected chi connectivity index (χ0v) is 19.1. The number of nitrogens with one attached hydrogen (secondary N) is 1. The SMILES string of the molecule is COc1ccc(-n2c(SCC(=O)Nc3ccc(C)c(C)c3)nnc2-c2cccs2)cc1. The molecule has 2 aromatic heterocycles. The van der Waals surface area contributed by atoms with Crippen molar-refractivity contribution in [2.75, 3.05) is 18.2 Å². The van der Waals surface area contributed by atoms with Crippen LogP contribution in [0, 0.1) is 13.8 Å². The first kappa shape index (κ1) is 21.1. The second kappa shape index (κ2) is 9.36. The van der Waals surface area contributed by atoms with Crippen LogP contribution in [0.15, 0.2) is 65.1 Å². The summed E-state index contributed by atoms with van der Waals surface area (Å²) in [6.45, 7) is 4.08. The highest BCUT2D eigenvalue weighted by molar-refractivity contribution is 7.99. The monoisotopic (exact) mass is 450 g/mol. The minimum atomic E-state index is -0.0878. The number of amides is 1. The van der Waals surface area contributed by atoms with Crippen LogP contribution in [0.5, 0.6) is 5.75 Å². The van der Waals surface area contributed by atoms with Crippen LogP contribution in [-0.4, -0.2) is 33.5 Å². The topological polar surface area (TPSA) is 69.0 Å². The molecule has 0 bridgehead atoms. The lowest BCUT2D eigenvalue weighted by Crippen LogP contribution is -2.14. The summed E-state index contributed by atoms with van der Waals surface area (Å²) in [4.78, 5) is 13.6. The molecular weight excluding hydrogens is 428 g/mol. The number of aryl methyl sites for hydroxylation is 2. The van der Waals surface area contributed by atoms with Crippen molar-refractivity contribution < 1.29 is 9.53 Å². The van der Waals surface area contributed by atoms with E-state index in [-0.39, 0.29) is 11.7 Å². The average molecular weight is 451 g/mol. The molecule has 4 aromatic rings. The van der Waals surface area contributed by atoms with Gasteiger partial charge in [-0.25, -0.2) is 0 Å². The van der Waals surface area contributed by atoms with E-state index >= 15 is 0 Å². The second-order valence-electron chi connectivity index (χ2n) is 6.95. The van der Waals surface area contributed by atoms with Crippen LogP contribution >= 0.6 is 23.1 Å². The number of thiophene rings is 1. The van der Waals surface area contributed by atoms with Gasteiger partial charge >= 0.3 is 0 Å². The number of carbonyl (C=O) groups excluding carboxylic acids is 1. The van der Waals surface area contributed by atoms with Crippen molar-refractivity contribution in [1.29, 1.82) is 0 Å². The number of thioether (sulfide) groups is 1. The second-order valence-corrected chi connectivity index (χ2v) is 8.84. The maximum Gasteiger partial charge on any atom is 0.234 e. The number of anilines is 1. The standard InChI is InChI=1S/C23H22N4O2S2/c1-15-6-7-17(13-16(15)2)24-21(28)14-31-23-26-25-22(20-5-4-12-30-20)27(23)18-8-10-19(29-3)11-9-18/h4-13H,14H2,1-3H3,(H,24,28). The summed E-state index contributed by atoms with van der Waals surface area (Å²) in [6.07, 6.45) is 0. The van der Waals surface area contributed by atoms with Gasteiger partial charge in [0.25, 0.3) is 0 Å². The van der Waals surface area contributed by atoms with Crippen LogP contribution in [0.3, 0.4) is 0 Å². The molecule has 4 rings (SSSR count). The van der Waals surface area contributed by atoms with Crippen LogP contribution in [0.2, 0.25) is 0 Å². The van der Waals surface area contributed by atoms with Gasteiger partial charge in [-0.1, -0.05) is 23.9 Å². The van der Waals surface area contributed by atoms with Crippen LogP contribution in [-0.2, 0) is 4.79 Å². The first-order valence-electron chi connectivity index (χ1n) is 9.69. The van der Waals surface area contributed by atoms with Crippen LogP contribution in [0.4, 0.5) is 5.69 Å². The normalized spacial score (nSPS) is 10.8.